The van der Waals surface area contributed by atoms with E-state index in [9.17, 15) is 8.42 Å². The molecule has 1 aliphatic heterocycles. The molecule has 1 saturated heterocycles. The number of nitrogens with one attached hydrogen (secondary N) is 1. The summed E-state index contributed by atoms with van der Waals surface area (Å²) in [4.78, 5) is 6.70. The van der Waals surface area contributed by atoms with Gasteiger partial charge in [0.15, 0.2) is 5.96 Å². The maximum absolute atomic E-state index is 11.4. The number of nitrogens with zero attached hydrogens (tertiary/aromatic N) is 2. The van der Waals surface area contributed by atoms with E-state index in [2.05, 4.69) is 22.1 Å². The van der Waals surface area contributed by atoms with E-state index in [1.165, 1.54) is 18.9 Å². The van der Waals surface area contributed by atoms with E-state index in [0.717, 1.165) is 24.6 Å². The molecule has 3 N–H and O–H groups in total. The minimum absolute atomic E-state index is 0.133. The first kappa shape index (κ1) is 16.8. The van der Waals surface area contributed by atoms with Crippen molar-refractivity contribution in [1.82, 2.24) is 10.2 Å². The summed E-state index contributed by atoms with van der Waals surface area (Å²) in [7, 11) is -1.90. The molecular weight excluding hydrogens is 300 g/mol. The number of likely N-dealkylation sites (tertiary alicyclic amines) is 1. The van der Waals surface area contributed by atoms with Crippen LogP contribution >= 0.6 is 0 Å². The fraction of sp³-hybridized carbons (Fsp3) is 0.533. The summed E-state index contributed by atoms with van der Waals surface area (Å²) >= 11 is 0. The summed E-state index contributed by atoms with van der Waals surface area (Å²) < 4.78 is 22.8. The van der Waals surface area contributed by atoms with Crippen LogP contribution in [0.25, 0.3) is 0 Å². The van der Waals surface area contributed by atoms with Crippen molar-refractivity contribution in [2.45, 2.75) is 31.2 Å². The Hall–Kier alpha value is -1.60. The van der Waals surface area contributed by atoms with Crippen molar-refractivity contribution in [3.05, 3.63) is 29.8 Å². The lowest BCUT2D eigenvalue weighted by Crippen LogP contribution is -2.45. The van der Waals surface area contributed by atoms with Crippen molar-refractivity contribution in [3.63, 3.8) is 0 Å². The Bertz CT molecular complexity index is 643. The molecule has 122 valence electrons. The van der Waals surface area contributed by atoms with Gasteiger partial charge in [-0.3, -0.25) is 4.99 Å². The van der Waals surface area contributed by atoms with E-state index in [-0.39, 0.29) is 4.90 Å². The van der Waals surface area contributed by atoms with Crippen molar-refractivity contribution in [2.75, 3.05) is 20.1 Å². The maximum atomic E-state index is 11.4. The number of hydrogen-bond acceptors (Lipinski definition) is 3. The second-order valence-electron chi connectivity index (χ2n) is 5.79. The van der Waals surface area contributed by atoms with Gasteiger partial charge in [0.25, 0.3) is 0 Å². The third kappa shape index (κ3) is 4.45. The van der Waals surface area contributed by atoms with Gasteiger partial charge in [-0.15, -0.1) is 0 Å². The number of rotatable bonds is 3. The Morgan fingerprint density at radius 1 is 1.50 bits per heavy atom. The van der Waals surface area contributed by atoms with Crippen LogP contribution in [0.4, 0.5) is 0 Å². The Labute approximate surface area is 132 Å². The molecule has 2 rings (SSSR count). The van der Waals surface area contributed by atoms with Crippen molar-refractivity contribution < 1.29 is 8.42 Å². The molecule has 0 radical (unpaired) electrons. The van der Waals surface area contributed by atoms with Crippen LogP contribution in [0.2, 0.25) is 0 Å². The molecule has 7 heteroatoms. The smallest absolute Gasteiger partial charge is 0.238 e. The zero-order valence-corrected chi connectivity index (χ0v) is 13.9. The summed E-state index contributed by atoms with van der Waals surface area (Å²) in [5.41, 5.74) is 0.859. The first-order valence-electron chi connectivity index (χ1n) is 7.47. The highest BCUT2D eigenvalue weighted by molar-refractivity contribution is 7.89. The highest BCUT2D eigenvalue weighted by atomic mass is 32.2. The molecule has 1 unspecified atom stereocenters. The fourth-order valence-electron chi connectivity index (χ4n) is 2.73. The van der Waals surface area contributed by atoms with E-state index in [1.54, 1.807) is 19.2 Å². The Morgan fingerprint density at radius 3 is 2.91 bits per heavy atom. The molecule has 0 amide bonds. The highest BCUT2D eigenvalue weighted by Crippen LogP contribution is 2.15. The van der Waals surface area contributed by atoms with Gasteiger partial charge in [0.1, 0.15) is 0 Å². The van der Waals surface area contributed by atoms with Gasteiger partial charge >= 0.3 is 0 Å². The zero-order valence-electron chi connectivity index (χ0n) is 13.1. The largest absolute Gasteiger partial charge is 0.352 e. The molecule has 1 aromatic carbocycles. The van der Waals surface area contributed by atoms with Gasteiger partial charge in [-0.05, 0) is 36.5 Å². The van der Waals surface area contributed by atoms with Gasteiger partial charge in [0.2, 0.25) is 10.0 Å². The lowest BCUT2D eigenvalue weighted by Gasteiger charge is -2.33. The Kier molecular flexibility index (Phi) is 5.42. The van der Waals surface area contributed by atoms with Crippen LogP contribution < -0.4 is 10.5 Å². The fourth-order valence-corrected chi connectivity index (χ4v) is 3.31. The van der Waals surface area contributed by atoms with Crippen molar-refractivity contribution in [1.29, 1.82) is 0 Å². The molecule has 1 aliphatic rings. The van der Waals surface area contributed by atoms with Crippen LogP contribution in [0, 0.1) is 5.92 Å². The predicted octanol–water partition coefficient (Wildman–Crippen LogP) is 1.14. The topological polar surface area (TPSA) is 87.8 Å². The number of sulfonamides is 1. The third-order valence-corrected chi connectivity index (χ3v) is 4.76. The van der Waals surface area contributed by atoms with E-state index >= 15 is 0 Å². The van der Waals surface area contributed by atoms with E-state index in [4.69, 9.17) is 5.14 Å². The number of guanidine groups is 1. The van der Waals surface area contributed by atoms with Gasteiger partial charge in [-0.25, -0.2) is 13.6 Å². The number of piperidine rings is 1. The summed E-state index contributed by atoms with van der Waals surface area (Å²) in [6.45, 7) is 4.76. The number of nitrogens with two attached hydrogens (primary N) is 1. The normalized spacial score (nSPS) is 20.0. The highest BCUT2D eigenvalue weighted by Gasteiger charge is 2.19. The lowest BCUT2D eigenvalue weighted by atomic mass is 10.0. The summed E-state index contributed by atoms with van der Waals surface area (Å²) in [6, 6.07) is 6.66. The van der Waals surface area contributed by atoms with Crippen LogP contribution in [-0.2, 0) is 16.6 Å². The SMILES string of the molecule is CN=C(NCc1cccc(S(N)(=O)=O)c1)N1CCCC(C)C1. The molecule has 0 bridgehead atoms. The molecule has 0 spiro atoms. The monoisotopic (exact) mass is 324 g/mol. The third-order valence-electron chi connectivity index (χ3n) is 3.85. The molecule has 1 fully saturated rings. The summed E-state index contributed by atoms with van der Waals surface area (Å²) in [5.74, 6) is 1.52. The predicted molar refractivity (Wildman–Crippen MR) is 88.0 cm³/mol. The first-order valence-corrected chi connectivity index (χ1v) is 9.02. The minimum atomic E-state index is -3.67. The average Bonchev–Trinajstić information content (AvgIpc) is 2.47. The van der Waals surface area contributed by atoms with Gasteiger partial charge in [0, 0.05) is 26.7 Å². The molecule has 6 nitrogen and oxygen atoms in total. The Morgan fingerprint density at radius 2 is 2.27 bits per heavy atom. The van der Waals surface area contributed by atoms with Gasteiger partial charge < -0.3 is 10.2 Å². The van der Waals surface area contributed by atoms with Crippen LogP contribution in [0.3, 0.4) is 0 Å². The lowest BCUT2D eigenvalue weighted by molar-refractivity contribution is 0.266. The van der Waals surface area contributed by atoms with Crippen LogP contribution in [0.5, 0.6) is 0 Å². The molecular formula is C15H24N4O2S. The number of primary sulfonamides is 1. The number of aliphatic imine (C=N–C) groups is 1. The second kappa shape index (κ2) is 7.11. The van der Waals surface area contributed by atoms with Crippen molar-refractivity contribution in [2.24, 2.45) is 16.0 Å². The van der Waals surface area contributed by atoms with Crippen molar-refractivity contribution in [3.8, 4) is 0 Å². The van der Waals surface area contributed by atoms with Crippen molar-refractivity contribution >= 4 is 16.0 Å². The average molecular weight is 324 g/mol. The van der Waals surface area contributed by atoms with E-state index in [0.29, 0.717) is 12.5 Å². The molecule has 1 atom stereocenters. The Balaban J connectivity index is 2.02. The summed E-state index contributed by atoms with van der Waals surface area (Å²) in [6.07, 6.45) is 2.42. The van der Waals surface area contributed by atoms with Gasteiger partial charge in [0.05, 0.1) is 4.90 Å². The first-order chi connectivity index (χ1) is 10.4. The minimum Gasteiger partial charge on any atom is -0.352 e. The van der Waals surface area contributed by atoms with E-state index in [1.807, 2.05) is 6.07 Å². The molecule has 0 saturated carbocycles. The summed E-state index contributed by atoms with van der Waals surface area (Å²) in [5, 5.41) is 8.45. The molecule has 1 heterocycles. The van der Waals surface area contributed by atoms with Crippen LogP contribution in [-0.4, -0.2) is 39.4 Å². The zero-order chi connectivity index (χ0) is 16.2. The standard InChI is InChI=1S/C15H24N4O2S/c1-12-5-4-8-19(11-12)15(17-2)18-10-13-6-3-7-14(9-13)22(16,20)21/h3,6-7,9,12H,4-5,8,10-11H2,1-2H3,(H,17,18)(H2,16,20,21). The van der Waals surface area contributed by atoms with Crippen LogP contribution in [0.15, 0.2) is 34.2 Å². The molecule has 22 heavy (non-hydrogen) atoms. The number of benzene rings is 1. The van der Waals surface area contributed by atoms with Gasteiger partial charge in [-0.2, -0.15) is 0 Å². The molecule has 1 aromatic rings. The van der Waals surface area contributed by atoms with Crippen LogP contribution in [0.1, 0.15) is 25.3 Å². The quantitative estimate of drug-likeness (QED) is 0.645. The van der Waals surface area contributed by atoms with Gasteiger partial charge in [-0.1, -0.05) is 19.1 Å². The second-order valence-corrected chi connectivity index (χ2v) is 7.35. The molecule has 0 aliphatic carbocycles. The molecule has 0 aromatic heterocycles. The number of hydrogen-bond donors (Lipinski definition) is 2. The van der Waals surface area contributed by atoms with E-state index < -0.39 is 10.0 Å². The maximum Gasteiger partial charge on any atom is 0.238 e.